The second-order valence-corrected chi connectivity index (χ2v) is 11.0. The summed E-state index contributed by atoms with van der Waals surface area (Å²) in [5.74, 6) is -0.0169. The molecule has 1 atom stereocenters. The van der Waals surface area contributed by atoms with Crippen molar-refractivity contribution in [3.63, 3.8) is 0 Å². The van der Waals surface area contributed by atoms with Gasteiger partial charge in [0, 0.05) is 35.8 Å². The summed E-state index contributed by atoms with van der Waals surface area (Å²) >= 11 is 1.57. The van der Waals surface area contributed by atoms with E-state index < -0.39 is 15.9 Å². The Morgan fingerprint density at radius 3 is 2.71 bits per heavy atom. The number of methoxy groups -OCH3 is 2. The predicted octanol–water partition coefficient (Wildman–Crippen LogP) is 4.18. The molecule has 0 spiro atoms. The zero-order chi connectivity index (χ0) is 24.3. The van der Waals surface area contributed by atoms with Crippen LogP contribution in [0.25, 0.3) is 11.3 Å². The molecule has 1 aromatic heterocycles. The molecule has 0 saturated carbocycles. The molecule has 0 radical (unpaired) electrons. The summed E-state index contributed by atoms with van der Waals surface area (Å²) in [6.45, 7) is 2.38. The smallest absolute Gasteiger partial charge is 0.246 e. The number of benzene rings is 2. The maximum Gasteiger partial charge on any atom is 0.246 e. The van der Waals surface area contributed by atoms with Crippen LogP contribution in [0.4, 0.5) is 5.69 Å². The van der Waals surface area contributed by atoms with Crippen LogP contribution in [0.15, 0.2) is 52.7 Å². The van der Waals surface area contributed by atoms with Gasteiger partial charge in [-0.2, -0.15) is 4.31 Å². The summed E-state index contributed by atoms with van der Waals surface area (Å²) in [5.41, 5.74) is 2.43. The van der Waals surface area contributed by atoms with Gasteiger partial charge in [0.15, 0.2) is 0 Å². The molecule has 0 bridgehead atoms. The molecule has 1 unspecified atom stereocenters. The van der Waals surface area contributed by atoms with Crippen molar-refractivity contribution in [2.75, 3.05) is 32.6 Å². The van der Waals surface area contributed by atoms with E-state index in [4.69, 9.17) is 9.47 Å². The molecule has 3 aromatic rings. The van der Waals surface area contributed by atoms with Crippen molar-refractivity contribution in [1.29, 1.82) is 0 Å². The third-order valence-corrected chi connectivity index (χ3v) is 8.45. The molecule has 1 aliphatic heterocycles. The lowest BCUT2D eigenvalue weighted by atomic mass is 9.98. The van der Waals surface area contributed by atoms with E-state index in [1.165, 1.54) is 24.6 Å². The molecule has 34 heavy (non-hydrogen) atoms. The maximum absolute atomic E-state index is 13.4. The first-order chi connectivity index (χ1) is 16.3. The zero-order valence-electron chi connectivity index (χ0n) is 19.3. The Morgan fingerprint density at radius 2 is 2.00 bits per heavy atom. The number of nitrogens with one attached hydrogen (secondary N) is 1. The van der Waals surface area contributed by atoms with E-state index in [2.05, 4.69) is 10.3 Å². The van der Waals surface area contributed by atoms with Crippen molar-refractivity contribution >= 4 is 33.0 Å². The van der Waals surface area contributed by atoms with Gasteiger partial charge in [-0.1, -0.05) is 12.1 Å². The molecular formula is C24H27N3O5S2. The molecule has 0 aliphatic carbocycles. The molecule has 1 N–H and O–H groups in total. The van der Waals surface area contributed by atoms with Crippen LogP contribution in [-0.4, -0.2) is 50.9 Å². The maximum atomic E-state index is 13.4. The van der Waals surface area contributed by atoms with E-state index >= 15 is 0 Å². The Balaban J connectivity index is 1.50. The van der Waals surface area contributed by atoms with Crippen LogP contribution in [0, 0.1) is 12.8 Å². The molecule has 1 amide bonds. The number of nitrogens with zero attached hydrogens (tertiary/aromatic N) is 2. The van der Waals surface area contributed by atoms with Crippen LogP contribution in [0.5, 0.6) is 11.5 Å². The van der Waals surface area contributed by atoms with Gasteiger partial charge in [0.1, 0.15) is 16.4 Å². The van der Waals surface area contributed by atoms with E-state index in [-0.39, 0.29) is 23.1 Å². The van der Waals surface area contributed by atoms with Crippen LogP contribution in [0.2, 0.25) is 0 Å². The Kier molecular flexibility index (Phi) is 7.20. The highest BCUT2D eigenvalue weighted by atomic mass is 32.2. The fourth-order valence-electron chi connectivity index (χ4n) is 4.00. The summed E-state index contributed by atoms with van der Waals surface area (Å²) in [4.78, 5) is 17.6. The summed E-state index contributed by atoms with van der Waals surface area (Å²) in [7, 11) is -0.975. The Hall–Kier alpha value is -2.95. The molecule has 10 heteroatoms. The average Bonchev–Trinajstić information content (AvgIpc) is 3.30. The van der Waals surface area contributed by atoms with Gasteiger partial charge < -0.3 is 14.8 Å². The standard InChI is InChI=1S/C24H27N3O5S2/c1-16-25-21(15-33-16)17-6-4-8-19(12-17)26-24(28)18-7-5-11-27(14-18)34(29,30)23-13-20(31-2)9-10-22(23)32-3/h4,6,8-10,12-13,15,18H,5,7,11,14H2,1-3H3,(H,26,28). The minimum Gasteiger partial charge on any atom is -0.497 e. The number of hydrogen-bond donors (Lipinski definition) is 1. The average molecular weight is 502 g/mol. The first-order valence-corrected chi connectivity index (χ1v) is 13.2. The van der Waals surface area contributed by atoms with Gasteiger partial charge in [-0.15, -0.1) is 11.3 Å². The number of rotatable bonds is 7. The topological polar surface area (TPSA) is 97.8 Å². The van der Waals surface area contributed by atoms with E-state index in [1.54, 1.807) is 23.5 Å². The number of anilines is 1. The number of hydrogen-bond acceptors (Lipinski definition) is 7. The lowest BCUT2D eigenvalue weighted by Gasteiger charge is -2.31. The quantitative estimate of drug-likeness (QED) is 0.522. The van der Waals surface area contributed by atoms with Crippen molar-refractivity contribution in [3.05, 3.63) is 52.9 Å². The number of piperidine rings is 1. The highest BCUT2D eigenvalue weighted by Gasteiger charge is 2.35. The van der Waals surface area contributed by atoms with Gasteiger partial charge in [0.25, 0.3) is 0 Å². The van der Waals surface area contributed by atoms with Crippen molar-refractivity contribution in [1.82, 2.24) is 9.29 Å². The van der Waals surface area contributed by atoms with Crippen LogP contribution in [-0.2, 0) is 14.8 Å². The molecule has 2 aromatic carbocycles. The summed E-state index contributed by atoms with van der Waals surface area (Å²) in [6.07, 6.45) is 1.19. The Bertz CT molecular complexity index is 1290. The first-order valence-electron chi connectivity index (χ1n) is 10.9. The minimum atomic E-state index is -3.88. The van der Waals surface area contributed by atoms with E-state index in [0.29, 0.717) is 30.8 Å². The fraction of sp³-hybridized carbons (Fsp3) is 0.333. The van der Waals surface area contributed by atoms with Crippen molar-refractivity contribution in [3.8, 4) is 22.8 Å². The third-order valence-electron chi connectivity index (χ3n) is 5.79. The largest absolute Gasteiger partial charge is 0.497 e. The second kappa shape index (κ2) is 10.1. The number of carbonyl (C=O) groups is 1. The van der Waals surface area contributed by atoms with Crippen molar-refractivity contribution in [2.24, 2.45) is 5.92 Å². The number of thiazole rings is 1. The van der Waals surface area contributed by atoms with Crippen LogP contribution in [0.3, 0.4) is 0 Å². The second-order valence-electron chi connectivity index (χ2n) is 8.04. The Morgan fingerprint density at radius 1 is 1.18 bits per heavy atom. The molecule has 180 valence electrons. The van der Waals surface area contributed by atoms with Gasteiger partial charge in [-0.05, 0) is 44.0 Å². The van der Waals surface area contributed by atoms with Crippen LogP contribution in [0.1, 0.15) is 17.8 Å². The van der Waals surface area contributed by atoms with Gasteiger partial charge in [-0.25, -0.2) is 13.4 Å². The lowest BCUT2D eigenvalue weighted by Crippen LogP contribution is -2.43. The van der Waals surface area contributed by atoms with Gasteiger partial charge in [0.05, 0.1) is 30.8 Å². The summed E-state index contributed by atoms with van der Waals surface area (Å²) < 4.78 is 38.7. The molecular weight excluding hydrogens is 474 g/mol. The molecule has 1 saturated heterocycles. The molecule has 1 fully saturated rings. The highest BCUT2D eigenvalue weighted by molar-refractivity contribution is 7.89. The monoisotopic (exact) mass is 501 g/mol. The number of sulfonamides is 1. The number of amides is 1. The number of aryl methyl sites for hydroxylation is 1. The molecule has 8 nitrogen and oxygen atoms in total. The van der Waals surface area contributed by atoms with Crippen LogP contribution < -0.4 is 14.8 Å². The number of ether oxygens (including phenoxy) is 2. The summed E-state index contributed by atoms with van der Waals surface area (Å²) in [5, 5.41) is 5.90. The van der Waals surface area contributed by atoms with Gasteiger partial charge >= 0.3 is 0 Å². The molecule has 4 rings (SSSR count). The molecule has 2 heterocycles. The first kappa shape index (κ1) is 24.2. The van der Waals surface area contributed by atoms with Crippen molar-refractivity contribution < 1.29 is 22.7 Å². The predicted molar refractivity (Wildman–Crippen MR) is 132 cm³/mol. The van der Waals surface area contributed by atoms with Gasteiger partial charge in [-0.3, -0.25) is 4.79 Å². The molecule has 1 aliphatic rings. The number of aromatic nitrogens is 1. The van der Waals surface area contributed by atoms with E-state index in [0.717, 1.165) is 16.3 Å². The normalized spacial score (nSPS) is 16.7. The third kappa shape index (κ3) is 5.08. The fourth-order valence-corrected chi connectivity index (χ4v) is 6.31. The van der Waals surface area contributed by atoms with E-state index in [9.17, 15) is 13.2 Å². The summed E-state index contributed by atoms with van der Waals surface area (Å²) in [6, 6.07) is 12.2. The minimum absolute atomic E-state index is 0.0293. The zero-order valence-corrected chi connectivity index (χ0v) is 20.9. The van der Waals surface area contributed by atoms with E-state index in [1.807, 2.05) is 36.6 Å². The number of carbonyl (C=O) groups excluding carboxylic acids is 1. The Labute approximate surface area is 203 Å². The highest BCUT2D eigenvalue weighted by Crippen LogP contribution is 2.33. The van der Waals surface area contributed by atoms with Crippen molar-refractivity contribution in [2.45, 2.75) is 24.7 Å². The van der Waals surface area contributed by atoms with Gasteiger partial charge in [0.2, 0.25) is 15.9 Å². The SMILES string of the molecule is COc1ccc(OC)c(S(=O)(=O)N2CCCC(C(=O)Nc3cccc(-c4csc(C)n4)c3)C2)c1. The van der Waals surface area contributed by atoms with Crippen LogP contribution >= 0.6 is 11.3 Å². The lowest BCUT2D eigenvalue weighted by molar-refractivity contribution is -0.120.